The fourth-order valence-electron chi connectivity index (χ4n) is 1.99. The highest BCUT2D eigenvalue weighted by atomic mass is 32.2. The van der Waals surface area contributed by atoms with Crippen LogP contribution in [-0.2, 0) is 14.6 Å². The van der Waals surface area contributed by atoms with Crippen LogP contribution < -0.4 is 5.32 Å². The van der Waals surface area contributed by atoms with Crippen molar-refractivity contribution in [3.8, 4) is 0 Å². The molecule has 2 aromatic rings. The van der Waals surface area contributed by atoms with Gasteiger partial charge in [-0.3, -0.25) is 4.79 Å². The molecule has 1 amide bonds. The van der Waals surface area contributed by atoms with E-state index in [4.69, 9.17) is 0 Å². The minimum atomic E-state index is -3.67. The molecule has 0 saturated heterocycles. The summed E-state index contributed by atoms with van der Waals surface area (Å²) in [4.78, 5) is 11.6. The molecule has 0 aliphatic rings. The number of carbonyl (C=O) groups is 1. The summed E-state index contributed by atoms with van der Waals surface area (Å²) in [7, 11) is -3.67. The summed E-state index contributed by atoms with van der Waals surface area (Å²) in [5, 5.41) is 2.57. The first-order valence-corrected chi connectivity index (χ1v) is 7.99. The Labute approximate surface area is 124 Å². The molecule has 2 aromatic carbocycles. The lowest BCUT2D eigenvalue weighted by molar-refractivity contribution is -0.114. The zero-order chi connectivity index (χ0) is 15.6. The first-order chi connectivity index (χ1) is 9.80. The van der Waals surface area contributed by atoms with E-state index in [0.29, 0.717) is 5.69 Å². The van der Waals surface area contributed by atoms with E-state index in [-0.39, 0.29) is 15.7 Å². The number of nitrogens with one attached hydrogen (secondary N) is 1. The van der Waals surface area contributed by atoms with Gasteiger partial charge in [0.25, 0.3) is 0 Å². The average molecular weight is 303 g/mol. The molecule has 0 spiro atoms. The van der Waals surface area contributed by atoms with Gasteiger partial charge in [-0.05, 0) is 43.7 Å². The Morgan fingerprint density at radius 3 is 2.10 bits per heavy atom. The number of anilines is 1. The number of sulfone groups is 1. The number of benzene rings is 2. The smallest absolute Gasteiger partial charge is 0.221 e. The number of aryl methyl sites for hydroxylation is 2. The van der Waals surface area contributed by atoms with Crippen molar-refractivity contribution >= 4 is 21.4 Å². The number of hydrogen-bond donors (Lipinski definition) is 1. The van der Waals surface area contributed by atoms with Crippen LogP contribution in [0.3, 0.4) is 0 Å². The van der Waals surface area contributed by atoms with Crippen LogP contribution in [0.2, 0.25) is 0 Å². The summed E-state index contributed by atoms with van der Waals surface area (Å²) in [6.07, 6.45) is 0. The van der Waals surface area contributed by atoms with E-state index in [0.717, 1.165) is 11.1 Å². The maximum atomic E-state index is 12.7. The molecule has 0 unspecified atom stereocenters. The van der Waals surface area contributed by atoms with Crippen molar-refractivity contribution in [2.45, 2.75) is 30.6 Å². The summed E-state index contributed by atoms with van der Waals surface area (Å²) in [5.41, 5.74) is 2.10. The standard InChI is InChI=1S/C16H17NO3S/c1-11-4-7-14(8-5-11)21(19,20)16-10-12(2)6-9-15(16)17-13(3)18/h4-10H,1-3H3,(H,17,18). The lowest BCUT2D eigenvalue weighted by Crippen LogP contribution is -2.11. The van der Waals surface area contributed by atoms with Crippen LogP contribution in [0, 0.1) is 13.8 Å². The van der Waals surface area contributed by atoms with Crippen molar-refractivity contribution in [1.29, 1.82) is 0 Å². The highest BCUT2D eigenvalue weighted by molar-refractivity contribution is 7.91. The quantitative estimate of drug-likeness (QED) is 0.947. The molecule has 0 aromatic heterocycles. The van der Waals surface area contributed by atoms with Crippen LogP contribution in [0.15, 0.2) is 52.3 Å². The highest BCUT2D eigenvalue weighted by Gasteiger charge is 2.22. The Morgan fingerprint density at radius 1 is 0.952 bits per heavy atom. The molecule has 0 aliphatic carbocycles. The number of rotatable bonds is 3. The van der Waals surface area contributed by atoms with Gasteiger partial charge >= 0.3 is 0 Å². The first-order valence-electron chi connectivity index (χ1n) is 6.51. The van der Waals surface area contributed by atoms with Gasteiger partial charge in [-0.2, -0.15) is 0 Å². The van der Waals surface area contributed by atoms with E-state index in [9.17, 15) is 13.2 Å². The van der Waals surface area contributed by atoms with E-state index in [1.807, 2.05) is 13.8 Å². The molecular weight excluding hydrogens is 286 g/mol. The molecule has 5 heteroatoms. The fraction of sp³-hybridized carbons (Fsp3) is 0.188. The van der Waals surface area contributed by atoms with Crippen LogP contribution in [0.25, 0.3) is 0 Å². The molecule has 4 nitrogen and oxygen atoms in total. The van der Waals surface area contributed by atoms with Crippen LogP contribution >= 0.6 is 0 Å². The molecular formula is C16H17NO3S. The van der Waals surface area contributed by atoms with Gasteiger partial charge in [0.2, 0.25) is 15.7 Å². The predicted octanol–water partition coefficient (Wildman–Crippen LogP) is 3.09. The van der Waals surface area contributed by atoms with Crippen molar-refractivity contribution in [1.82, 2.24) is 0 Å². The first kappa shape index (κ1) is 15.3. The van der Waals surface area contributed by atoms with E-state index >= 15 is 0 Å². The summed E-state index contributed by atoms with van der Waals surface area (Å²) in [6.45, 7) is 5.06. The van der Waals surface area contributed by atoms with Crippen molar-refractivity contribution < 1.29 is 13.2 Å². The van der Waals surface area contributed by atoms with Crippen LogP contribution in [0.5, 0.6) is 0 Å². The molecule has 0 radical (unpaired) electrons. The molecule has 0 fully saturated rings. The highest BCUT2D eigenvalue weighted by Crippen LogP contribution is 2.28. The van der Waals surface area contributed by atoms with E-state index in [1.165, 1.54) is 6.92 Å². The van der Waals surface area contributed by atoms with Crippen LogP contribution in [-0.4, -0.2) is 14.3 Å². The third kappa shape index (κ3) is 3.31. The summed E-state index contributed by atoms with van der Waals surface area (Å²) in [5.74, 6) is -0.306. The SMILES string of the molecule is CC(=O)Nc1ccc(C)cc1S(=O)(=O)c1ccc(C)cc1. The van der Waals surface area contributed by atoms with Crippen molar-refractivity contribution in [3.63, 3.8) is 0 Å². The number of amides is 1. The van der Waals surface area contributed by atoms with Gasteiger partial charge in [0.05, 0.1) is 15.5 Å². The third-order valence-electron chi connectivity index (χ3n) is 3.07. The lowest BCUT2D eigenvalue weighted by atomic mass is 10.2. The molecule has 2 rings (SSSR count). The minimum absolute atomic E-state index is 0.113. The van der Waals surface area contributed by atoms with Gasteiger partial charge in [-0.25, -0.2) is 8.42 Å². The predicted molar refractivity (Wildman–Crippen MR) is 82.1 cm³/mol. The summed E-state index contributed by atoms with van der Waals surface area (Å²) in [6, 6.07) is 11.6. The second kappa shape index (κ2) is 5.69. The summed E-state index contributed by atoms with van der Waals surface area (Å²) < 4.78 is 25.5. The second-order valence-corrected chi connectivity index (χ2v) is 6.92. The maximum absolute atomic E-state index is 12.7. The summed E-state index contributed by atoms with van der Waals surface area (Å²) >= 11 is 0. The fourth-order valence-corrected chi connectivity index (χ4v) is 3.49. The van der Waals surface area contributed by atoms with E-state index in [2.05, 4.69) is 5.32 Å². The third-order valence-corrected chi connectivity index (χ3v) is 4.88. The minimum Gasteiger partial charge on any atom is -0.325 e. The molecule has 0 heterocycles. The maximum Gasteiger partial charge on any atom is 0.221 e. The van der Waals surface area contributed by atoms with E-state index in [1.54, 1.807) is 42.5 Å². The number of hydrogen-bond acceptors (Lipinski definition) is 3. The molecule has 21 heavy (non-hydrogen) atoms. The van der Waals surface area contributed by atoms with Crippen LogP contribution in [0.4, 0.5) is 5.69 Å². The zero-order valence-electron chi connectivity index (χ0n) is 12.2. The lowest BCUT2D eigenvalue weighted by Gasteiger charge is -2.12. The van der Waals surface area contributed by atoms with Crippen molar-refractivity contribution in [3.05, 3.63) is 53.6 Å². The topological polar surface area (TPSA) is 63.2 Å². The second-order valence-electron chi connectivity index (χ2n) is 5.00. The van der Waals surface area contributed by atoms with Crippen molar-refractivity contribution in [2.75, 3.05) is 5.32 Å². The van der Waals surface area contributed by atoms with Gasteiger partial charge in [0, 0.05) is 6.92 Å². The monoisotopic (exact) mass is 303 g/mol. The largest absolute Gasteiger partial charge is 0.325 e. The van der Waals surface area contributed by atoms with Gasteiger partial charge < -0.3 is 5.32 Å². The Morgan fingerprint density at radius 2 is 1.52 bits per heavy atom. The zero-order valence-corrected chi connectivity index (χ0v) is 13.0. The van der Waals surface area contributed by atoms with Gasteiger partial charge in [0.15, 0.2) is 0 Å². The van der Waals surface area contributed by atoms with Crippen LogP contribution in [0.1, 0.15) is 18.1 Å². The van der Waals surface area contributed by atoms with Gasteiger partial charge in [-0.15, -0.1) is 0 Å². The van der Waals surface area contributed by atoms with Gasteiger partial charge in [-0.1, -0.05) is 23.8 Å². The average Bonchev–Trinajstić information content (AvgIpc) is 2.40. The Hall–Kier alpha value is -2.14. The molecule has 0 bridgehead atoms. The normalized spacial score (nSPS) is 11.2. The molecule has 0 atom stereocenters. The Kier molecular flexibility index (Phi) is 4.14. The Bertz CT molecular complexity index is 778. The molecule has 110 valence electrons. The van der Waals surface area contributed by atoms with Crippen molar-refractivity contribution in [2.24, 2.45) is 0 Å². The van der Waals surface area contributed by atoms with E-state index < -0.39 is 9.84 Å². The Balaban J connectivity index is 2.60. The molecule has 1 N–H and O–H groups in total. The number of carbonyl (C=O) groups excluding carboxylic acids is 1. The molecule has 0 saturated carbocycles. The molecule has 0 aliphatic heterocycles. The van der Waals surface area contributed by atoms with Gasteiger partial charge in [0.1, 0.15) is 0 Å².